The molecule has 0 unspecified atom stereocenters. The molecule has 1 aliphatic rings. The Hall–Kier alpha value is -1.47. The summed E-state index contributed by atoms with van der Waals surface area (Å²) in [6.45, 7) is 10.5. The second kappa shape index (κ2) is 9.35. The molecule has 1 saturated heterocycles. The van der Waals surface area contributed by atoms with Gasteiger partial charge in [-0.05, 0) is 36.5 Å². The van der Waals surface area contributed by atoms with Gasteiger partial charge in [0.15, 0.2) is 5.96 Å². The number of nitrogens with zero attached hydrogens (tertiary/aromatic N) is 3. The number of aliphatic imine (C=N–C) groups is 1. The lowest BCUT2D eigenvalue weighted by molar-refractivity contribution is 0.327. The second-order valence-corrected chi connectivity index (χ2v) is 11.0. The first-order chi connectivity index (χ1) is 13.0. The molecule has 6 nitrogen and oxygen atoms in total. The molecule has 1 aliphatic heterocycles. The third kappa shape index (κ3) is 6.85. The molecular weight excluding hydrogens is 396 g/mol. The maximum absolute atomic E-state index is 11.4. The van der Waals surface area contributed by atoms with Crippen molar-refractivity contribution in [3.63, 3.8) is 0 Å². The van der Waals surface area contributed by atoms with Crippen molar-refractivity contribution in [2.45, 2.75) is 27.2 Å². The number of benzene rings is 1. The fraction of sp³-hybridized carbons (Fsp3) is 0.650. The van der Waals surface area contributed by atoms with E-state index < -0.39 is 9.84 Å². The summed E-state index contributed by atoms with van der Waals surface area (Å²) in [6, 6.07) is 6.01. The van der Waals surface area contributed by atoms with Gasteiger partial charge in [0.2, 0.25) is 0 Å². The van der Waals surface area contributed by atoms with Gasteiger partial charge >= 0.3 is 0 Å². The van der Waals surface area contributed by atoms with E-state index in [2.05, 4.69) is 46.9 Å². The largest absolute Gasteiger partial charge is 0.368 e. The Morgan fingerprint density at radius 2 is 1.89 bits per heavy atom. The zero-order valence-corrected chi connectivity index (χ0v) is 19.2. The van der Waals surface area contributed by atoms with Crippen LogP contribution in [0.25, 0.3) is 0 Å². The number of sulfone groups is 1. The van der Waals surface area contributed by atoms with Crippen LogP contribution in [0.3, 0.4) is 0 Å². The molecule has 8 heteroatoms. The summed E-state index contributed by atoms with van der Waals surface area (Å²) < 4.78 is 22.9. The molecule has 1 aromatic rings. The highest BCUT2D eigenvalue weighted by molar-refractivity contribution is 7.90. The minimum Gasteiger partial charge on any atom is -0.368 e. The molecule has 1 heterocycles. The summed E-state index contributed by atoms with van der Waals surface area (Å²) >= 11 is 6.17. The first-order valence-electron chi connectivity index (χ1n) is 9.65. The highest BCUT2D eigenvalue weighted by Gasteiger charge is 2.24. The molecule has 0 aliphatic carbocycles. The summed E-state index contributed by atoms with van der Waals surface area (Å²) in [5, 5.41) is 4.19. The van der Waals surface area contributed by atoms with Gasteiger partial charge in [-0.15, -0.1) is 0 Å². The Morgan fingerprint density at radius 1 is 1.25 bits per heavy atom. The minimum atomic E-state index is -2.94. The van der Waals surface area contributed by atoms with Crippen LogP contribution in [0.5, 0.6) is 0 Å². The lowest BCUT2D eigenvalue weighted by Crippen LogP contribution is -2.53. The molecule has 0 spiro atoms. The second-order valence-electron chi connectivity index (χ2n) is 8.35. The van der Waals surface area contributed by atoms with Gasteiger partial charge in [0.1, 0.15) is 9.84 Å². The van der Waals surface area contributed by atoms with E-state index in [0.29, 0.717) is 13.0 Å². The molecule has 2 rings (SSSR count). The summed E-state index contributed by atoms with van der Waals surface area (Å²) in [4.78, 5) is 9.04. The molecule has 1 fully saturated rings. The van der Waals surface area contributed by atoms with Crippen LogP contribution in [0.15, 0.2) is 23.2 Å². The van der Waals surface area contributed by atoms with E-state index in [1.807, 2.05) is 12.1 Å². The van der Waals surface area contributed by atoms with Crippen molar-refractivity contribution in [1.29, 1.82) is 0 Å². The Labute approximate surface area is 174 Å². The number of halogens is 1. The summed E-state index contributed by atoms with van der Waals surface area (Å²) in [5.41, 5.74) is 2.30. The van der Waals surface area contributed by atoms with Crippen LogP contribution in [-0.2, 0) is 9.84 Å². The number of aryl methyl sites for hydroxylation is 1. The van der Waals surface area contributed by atoms with Gasteiger partial charge < -0.3 is 15.1 Å². The SMILES string of the molecule is CN=C(NCC(C)(C)CCS(C)(=O)=O)N1CCN(c2cc(Cl)ccc2C)CC1. The molecule has 0 aromatic heterocycles. The summed E-state index contributed by atoms with van der Waals surface area (Å²) in [6.07, 6.45) is 1.91. The molecule has 0 amide bonds. The van der Waals surface area contributed by atoms with Crippen LogP contribution in [0.2, 0.25) is 5.02 Å². The summed E-state index contributed by atoms with van der Waals surface area (Å²) in [5.74, 6) is 1.08. The monoisotopic (exact) mass is 428 g/mol. The molecule has 0 bridgehead atoms. The maximum atomic E-state index is 11.4. The molecule has 1 N–H and O–H groups in total. The molecule has 1 aromatic carbocycles. The number of piperazine rings is 1. The van der Waals surface area contributed by atoms with Crippen LogP contribution >= 0.6 is 11.6 Å². The van der Waals surface area contributed by atoms with E-state index in [4.69, 9.17) is 11.6 Å². The fourth-order valence-corrected chi connectivity index (χ4v) is 4.37. The van der Waals surface area contributed by atoms with Crippen molar-refractivity contribution >= 4 is 33.1 Å². The van der Waals surface area contributed by atoms with E-state index in [1.165, 1.54) is 17.5 Å². The molecule has 0 saturated carbocycles. The topological polar surface area (TPSA) is 65.0 Å². The highest BCUT2D eigenvalue weighted by atomic mass is 35.5. The Bertz CT molecular complexity index is 800. The number of hydrogen-bond acceptors (Lipinski definition) is 4. The van der Waals surface area contributed by atoms with E-state index in [0.717, 1.165) is 37.2 Å². The predicted octanol–water partition coefficient (Wildman–Crippen LogP) is 2.81. The fourth-order valence-electron chi connectivity index (χ4n) is 3.28. The zero-order valence-electron chi connectivity index (χ0n) is 17.6. The predicted molar refractivity (Wildman–Crippen MR) is 119 cm³/mol. The number of rotatable bonds is 6. The average molecular weight is 429 g/mol. The lowest BCUT2D eigenvalue weighted by atomic mass is 9.90. The summed E-state index contributed by atoms with van der Waals surface area (Å²) in [7, 11) is -1.15. The first-order valence-corrected chi connectivity index (χ1v) is 12.1. The van der Waals surface area contributed by atoms with E-state index in [9.17, 15) is 8.42 Å². The van der Waals surface area contributed by atoms with Crippen molar-refractivity contribution in [2.24, 2.45) is 10.4 Å². The molecule has 28 heavy (non-hydrogen) atoms. The third-order valence-electron chi connectivity index (χ3n) is 5.18. The van der Waals surface area contributed by atoms with Crippen molar-refractivity contribution < 1.29 is 8.42 Å². The van der Waals surface area contributed by atoms with Crippen molar-refractivity contribution in [3.05, 3.63) is 28.8 Å². The van der Waals surface area contributed by atoms with Crippen molar-refractivity contribution in [2.75, 3.05) is 56.7 Å². The van der Waals surface area contributed by atoms with Crippen LogP contribution in [-0.4, -0.2) is 71.1 Å². The Morgan fingerprint density at radius 3 is 2.46 bits per heavy atom. The van der Waals surface area contributed by atoms with Crippen molar-refractivity contribution in [3.8, 4) is 0 Å². The molecular formula is C20H33ClN4O2S. The van der Waals surface area contributed by atoms with Crippen LogP contribution in [0.1, 0.15) is 25.8 Å². The average Bonchev–Trinajstić information content (AvgIpc) is 2.63. The van der Waals surface area contributed by atoms with Crippen LogP contribution in [0.4, 0.5) is 5.69 Å². The highest BCUT2D eigenvalue weighted by Crippen LogP contribution is 2.25. The van der Waals surface area contributed by atoms with Crippen LogP contribution in [0, 0.1) is 12.3 Å². The number of guanidine groups is 1. The maximum Gasteiger partial charge on any atom is 0.193 e. The smallest absolute Gasteiger partial charge is 0.193 e. The Balaban J connectivity index is 1.90. The minimum absolute atomic E-state index is 0.126. The molecule has 158 valence electrons. The number of hydrogen-bond donors (Lipinski definition) is 1. The number of nitrogens with one attached hydrogen (secondary N) is 1. The first kappa shape index (κ1) is 22.8. The van der Waals surface area contributed by atoms with Crippen LogP contribution < -0.4 is 10.2 Å². The van der Waals surface area contributed by atoms with E-state index in [-0.39, 0.29) is 11.2 Å². The van der Waals surface area contributed by atoms with Gasteiger partial charge in [0, 0.05) is 56.7 Å². The van der Waals surface area contributed by atoms with Crippen molar-refractivity contribution in [1.82, 2.24) is 10.2 Å². The van der Waals surface area contributed by atoms with Gasteiger partial charge in [-0.25, -0.2) is 8.42 Å². The van der Waals surface area contributed by atoms with Gasteiger partial charge in [-0.3, -0.25) is 4.99 Å². The lowest BCUT2D eigenvalue weighted by Gasteiger charge is -2.39. The Kier molecular flexibility index (Phi) is 7.62. The van der Waals surface area contributed by atoms with E-state index >= 15 is 0 Å². The molecule has 0 atom stereocenters. The van der Waals surface area contributed by atoms with Gasteiger partial charge in [0.05, 0.1) is 5.75 Å². The van der Waals surface area contributed by atoms with Gasteiger partial charge in [-0.1, -0.05) is 31.5 Å². The van der Waals surface area contributed by atoms with E-state index in [1.54, 1.807) is 7.05 Å². The van der Waals surface area contributed by atoms with Gasteiger partial charge in [0.25, 0.3) is 0 Å². The zero-order chi connectivity index (χ0) is 20.9. The quantitative estimate of drug-likeness (QED) is 0.557. The standard InChI is InChI=1S/C20H33ClN4O2S/c1-16-6-7-17(21)14-18(16)24-9-11-25(12-10-24)19(22-4)23-15-20(2,3)8-13-28(5,26)27/h6-7,14H,8-13,15H2,1-5H3,(H,22,23). The third-order valence-corrected chi connectivity index (χ3v) is 6.36. The number of anilines is 1. The molecule has 0 radical (unpaired) electrons. The van der Waals surface area contributed by atoms with Gasteiger partial charge in [-0.2, -0.15) is 0 Å². The normalized spacial score (nSPS) is 16.4.